The van der Waals surface area contributed by atoms with Gasteiger partial charge in [-0.1, -0.05) is 18.2 Å². The first kappa shape index (κ1) is 14.8. The normalized spacial score (nSPS) is 12.7. The van der Waals surface area contributed by atoms with Crippen LogP contribution in [0.1, 0.15) is 41.0 Å². The van der Waals surface area contributed by atoms with E-state index in [0.717, 1.165) is 18.7 Å². The van der Waals surface area contributed by atoms with Crippen LogP contribution in [0.3, 0.4) is 0 Å². The first-order valence-corrected chi connectivity index (χ1v) is 7.33. The van der Waals surface area contributed by atoms with Crippen molar-refractivity contribution >= 4 is 0 Å². The Hall–Kier alpha value is -1.61. The standard InChI is InChI=1S/C17H25N3/c1-6-20-16(10-14(4)19-20)11-17(18-5)15-8-7-12(2)13(3)9-15/h7-10,17-18H,6,11H2,1-5H3. The van der Waals surface area contributed by atoms with Crippen molar-refractivity contribution in [1.82, 2.24) is 15.1 Å². The molecule has 0 aliphatic carbocycles. The van der Waals surface area contributed by atoms with E-state index in [1.807, 2.05) is 7.05 Å². The van der Waals surface area contributed by atoms with E-state index in [1.54, 1.807) is 0 Å². The first-order chi connectivity index (χ1) is 9.55. The fourth-order valence-corrected chi connectivity index (χ4v) is 2.61. The molecule has 1 unspecified atom stereocenters. The number of aryl methyl sites for hydroxylation is 4. The summed E-state index contributed by atoms with van der Waals surface area (Å²) in [6.07, 6.45) is 0.966. The van der Waals surface area contributed by atoms with E-state index in [0.29, 0.717) is 6.04 Å². The van der Waals surface area contributed by atoms with Crippen LogP contribution in [0.25, 0.3) is 0 Å². The maximum Gasteiger partial charge on any atom is 0.0596 e. The maximum absolute atomic E-state index is 4.53. The van der Waals surface area contributed by atoms with Gasteiger partial charge < -0.3 is 5.32 Å². The highest BCUT2D eigenvalue weighted by atomic mass is 15.3. The van der Waals surface area contributed by atoms with Gasteiger partial charge in [-0.15, -0.1) is 0 Å². The number of rotatable bonds is 5. The number of likely N-dealkylation sites (N-methyl/N-ethyl adjacent to an activating group) is 1. The van der Waals surface area contributed by atoms with Gasteiger partial charge in [0.1, 0.15) is 0 Å². The molecule has 3 nitrogen and oxygen atoms in total. The van der Waals surface area contributed by atoms with E-state index < -0.39 is 0 Å². The first-order valence-electron chi connectivity index (χ1n) is 7.33. The summed E-state index contributed by atoms with van der Waals surface area (Å²) in [5.74, 6) is 0. The minimum atomic E-state index is 0.329. The average Bonchev–Trinajstić information content (AvgIpc) is 2.79. The van der Waals surface area contributed by atoms with E-state index >= 15 is 0 Å². The monoisotopic (exact) mass is 271 g/mol. The van der Waals surface area contributed by atoms with Crippen LogP contribution >= 0.6 is 0 Å². The lowest BCUT2D eigenvalue weighted by molar-refractivity contribution is 0.541. The third-order valence-electron chi connectivity index (χ3n) is 3.98. The van der Waals surface area contributed by atoms with Crippen molar-refractivity contribution in [2.75, 3.05) is 7.05 Å². The van der Waals surface area contributed by atoms with Crippen LogP contribution in [-0.4, -0.2) is 16.8 Å². The Morgan fingerprint density at radius 2 is 1.90 bits per heavy atom. The maximum atomic E-state index is 4.53. The Morgan fingerprint density at radius 1 is 1.15 bits per heavy atom. The molecule has 3 heteroatoms. The third kappa shape index (κ3) is 3.10. The van der Waals surface area contributed by atoms with Crippen molar-refractivity contribution in [3.05, 3.63) is 52.3 Å². The summed E-state index contributed by atoms with van der Waals surface area (Å²) < 4.78 is 2.10. The number of hydrogen-bond donors (Lipinski definition) is 1. The van der Waals surface area contributed by atoms with Crippen LogP contribution in [0, 0.1) is 20.8 Å². The van der Waals surface area contributed by atoms with Gasteiger partial charge in [0, 0.05) is 24.7 Å². The lowest BCUT2D eigenvalue weighted by atomic mass is 9.98. The predicted octanol–water partition coefficient (Wildman–Crippen LogP) is 3.33. The molecule has 1 N–H and O–H groups in total. The fraction of sp³-hybridized carbons (Fsp3) is 0.471. The third-order valence-corrected chi connectivity index (χ3v) is 3.98. The van der Waals surface area contributed by atoms with Gasteiger partial charge in [-0.05, 0) is 57.5 Å². The second-order valence-corrected chi connectivity index (χ2v) is 5.48. The molecule has 1 aromatic carbocycles. The second kappa shape index (κ2) is 6.23. The number of hydrogen-bond acceptors (Lipinski definition) is 2. The summed E-state index contributed by atoms with van der Waals surface area (Å²) in [6, 6.07) is 9.24. The molecule has 1 aromatic heterocycles. The molecule has 0 bridgehead atoms. The Kier molecular flexibility index (Phi) is 4.61. The van der Waals surface area contributed by atoms with Gasteiger partial charge in [0.05, 0.1) is 5.69 Å². The van der Waals surface area contributed by atoms with Gasteiger partial charge in [-0.25, -0.2) is 0 Å². The molecule has 20 heavy (non-hydrogen) atoms. The van der Waals surface area contributed by atoms with Gasteiger partial charge in [0.15, 0.2) is 0 Å². The molecule has 2 rings (SSSR count). The molecular formula is C17H25N3. The Labute approximate surface area is 122 Å². The molecule has 108 valence electrons. The molecule has 0 saturated heterocycles. The van der Waals surface area contributed by atoms with Gasteiger partial charge >= 0.3 is 0 Å². The molecule has 0 aliphatic heterocycles. The fourth-order valence-electron chi connectivity index (χ4n) is 2.61. The summed E-state index contributed by atoms with van der Waals surface area (Å²) in [7, 11) is 2.03. The van der Waals surface area contributed by atoms with E-state index in [9.17, 15) is 0 Å². The predicted molar refractivity (Wildman–Crippen MR) is 84.1 cm³/mol. The molecule has 1 atom stereocenters. The molecule has 0 spiro atoms. The molecule has 0 radical (unpaired) electrons. The zero-order valence-electron chi connectivity index (χ0n) is 13.2. The van der Waals surface area contributed by atoms with Gasteiger partial charge in [-0.2, -0.15) is 5.10 Å². The molecule has 0 amide bonds. The summed E-state index contributed by atoms with van der Waals surface area (Å²) in [5, 5.41) is 7.96. The lowest BCUT2D eigenvalue weighted by Gasteiger charge is -2.18. The minimum absolute atomic E-state index is 0.329. The van der Waals surface area contributed by atoms with Crippen LogP contribution in [0.4, 0.5) is 0 Å². The Morgan fingerprint density at radius 3 is 2.50 bits per heavy atom. The van der Waals surface area contributed by atoms with Crippen molar-refractivity contribution in [1.29, 1.82) is 0 Å². The van der Waals surface area contributed by atoms with E-state index in [4.69, 9.17) is 0 Å². The average molecular weight is 271 g/mol. The van der Waals surface area contributed by atoms with Crippen molar-refractivity contribution in [2.45, 2.75) is 46.7 Å². The van der Waals surface area contributed by atoms with E-state index in [2.05, 4.69) is 67.1 Å². The second-order valence-electron chi connectivity index (χ2n) is 5.48. The number of nitrogens with zero attached hydrogens (tertiary/aromatic N) is 2. The summed E-state index contributed by atoms with van der Waals surface area (Å²) in [4.78, 5) is 0. The SMILES string of the molecule is CCn1nc(C)cc1CC(NC)c1ccc(C)c(C)c1. The molecule has 1 heterocycles. The van der Waals surface area contributed by atoms with Crippen molar-refractivity contribution in [3.63, 3.8) is 0 Å². The zero-order chi connectivity index (χ0) is 14.7. The quantitative estimate of drug-likeness (QED) is 0.904. The Bertz CT molecular complexity index is 584. The van der Waals surface area contributed by atoms with Gasteiger partial charge in [0.2, 0.25) is 0 Å². The molecule has 2 aromatic rings. The topological polar surface area (TPSA) is 29.9 Å². The number of benzene rings is 1. The van der Waals surface area contributed by atoms with E-state index in [1.165, 1.54) is 22.4 Å². The lowest BCUT2D eigenvalue weighted by Crippen LogP contribution is -2.20. The van der Waals surface area contributed by atoms with Crippen molar-refractivity contribution in [2.24, 2.45) is 0 Å². The summed E-state index contributed by atoms with van der Waals surface area (Å²) in [5.41, 5.74) is 6.43. The molecule has 0 fully saturated rings. The summed E-state index contributed by atoms with van der Waals surface area (Å²) >= 11 is 0. The zero-order valence-corrected chi connectivity index (χ0v) is 13.2. The van der Waals surface area contributed by atoms with Crippen molar-refractivity contribution < 1.29 is 0 Å². The van der Waals surface area contributed by atoms with Gasteiger partial charge in [-0.3, -0.25) is 4.68 Å². The van der Waals surface area contributed by atoms with Crippen LogP contribution in [0.5, 0.6) is 0 Å². The van der Waals surface area contributed by atoms with Crippen LogP contribution in [-0.2, 0) is 13.0 Å². The van der Waals surface area contributed by atoms with Gasteiger partial charge in [0.25, 0.3) is 0 Å². The largest absolute Gasteiger partial charge is 0.313 e. The minimum Gasteiger partial charge on any atom is -0.313 e. The highest BCUT2D eigenvalue weighted by Gasteiger charge is 2.14. The highest BCUT2D eigenvalue weighted by molar-refractivity contribution is 5.32. The molecule has 0 aliphatic rings. The molecular weight excluding hydrogens is 246 g/mol. The molecule has 0 saturated carbocycles. The van der Waals surface area contributed by atoms with E-state index in [-0.39, 0.29) is 0 Å². The number of nitrogens with one attached hydrogen (secondary N) is 1. The highest BCUT2D eigenvalue weighted by Crippen LogP contribution is 2.21. The Balaban J connectivity index is 2.26. The van der Waals surface area contributed by atoms with Crippen LogP contribution < -0.4 is 5.32 Å². The summed E-state index contributed by atoms with van der Waals surface area (Å²) in [6.45, 7) is 9.45. The smallest absolute Gasteiger partial charge is 0.0596 e. The van der Waals surface area contributed by atoms with Crippen LogP contribution in [0.2, 0.25) is 0 Å². The number of aromatic nitrogens is 2. The van der Waals surface area contributed by atoms with Crippen LogP contribution in [0.15, 0.2) is 24.3 Å². The van der Waals surface area contributed by atoms with Crippen molar-refractivity contribution in [3.8, 4) is 0 Å².